The number of amides is 1. The fourth-order valence-electron chi connectivity index (χ4n) is 2.46. The molecule has 2 heterocycles. The van der Waals surface area contributed by atoms with Gasteiger partial charge in [0, 0.05) is 23.8 Å². The van der Waals surface area contributed by atoms with Crippen LogP contribution in [0.3, 0.4) is 0 Å². The number of halogens is 1. The molecule has 0 radical (unpaired) electrons. The molecule has 0 atom stereocenters. The maximum absolute atomic E-state index is 12.3. The SMILES string of the molecule is O=C(Nc1ccccc1Br)c1cncc(N2CCCC2)c1. The molecule has 0 unspecified atom stereocenters. The van der Waals surface area contributed by atoms with Crippen LogP contribution in [0.2, 0.25) is 0 Å². The number of hydrogen-bond acceptors (Lipinski definition) is 3. The third-order valence-corrected chi connectivity index (χ3v) is 4.27. The van der Waals surface area contributed by atoms with Crippen molar-refractivity contribution in [3.63, 3.8) is 0 Å². The number of rotatable bonds is 3. The van der Waals surface area contributed by atoms with Crippen LogP contribution in [-0.2, 0) is 0 Å². The van der Waals surface area contributed by atoms with Crippen molar-refractivity contribution >= 4 is 33.2 Å². The van der Waals surface area contributed by atoms with Gasteiger partial charge in [-0.15, -0.1) is 0 Å². The van der Waals surface area contributed by atoms with Crippen LogP contribution in [0.4, 0.5) is 11.4 Å². The number of pyridine rings is 1. The molecule has 0 aliphatic carbocycles. The Bertz CT molecular complexity index is 653. The third-order valence-electron chi connectivity index (χ3n) is 3.58. The van der Waals surface area contributed by atoms with Gasteiger partial charge >= 0.3 is 0 Å². The summed E-state index contributed by atoms with van der Waals surface area (Å²) in [6, 6.07) is 9.47. The highest BCUT2D eigenvalue weighted by Gasteiger charge is 2.15. The first-order valence-electron chi connectivity index (χ1n) is 7.00. The zero-order chi connectivity index (χ0) is 14.7. The van der Waals surface area contributed by atoms with Crippen LogP contribution in [0, 0.1) is 0 Å². The van der Waals surface area contributed by atoms with E-state index in [1.807, 2.05) is 36.5 Å². The molecule has 1 saturated heterocycles. The van der Waals surface area contributed by atoms with Crippen molar-refractivity contribution in [3.05, 3.63) is 52.8 Å². The molecular formula is C16H16BrN3O. The predicted octanol–water partition coefficient (Wildman–Crippen LogP) is 3.70. The van der Waals surface area contributed by atoms with E-state index in [0.717, 1.165) is 28.9 Å². The number of nitrogens with zero attached hydrogens (tertiary/aromatic N) is 2. The molecule has 1 N–H and O–H groups in total. The standard InChI is InChI=1S/C16H16BrN3O/c17-14-5-1-2-6-15(14)19-16(21)12-9-13(11-18-10-12)20-7-3-4-8-20/h1-2,5-6,9-11H,3-4,7-8H2,(H,19,21). The summed E-state index contributed by atoms with van der Waals surface area (Å²) < 4.78 is 0.863. The van der Waals surface area contributed by atoms with E-state index in [-0.39, 0.29) is 5.91 Å². The minimum Gasteiger partial charge on any atom is -0.370 e. The minimum atomic E-state index is -0.143. The van der Waals surface area contributed by atoms with Gasteiger partial charge in [-0.2, -0.15) is 0 Å². The Kier molecular flexibility index (Phi) is 4.20. The average molecular weight is 346 g/mol. The molecule has 4 nitrogen and oxygen atoms in total. The highest BCUT2D eigenvalue weighted by molar-refractivity contribution is 9.10. The van der Waals surface area contributed by atoms with E-state index in [1.165, 1.54) is 12.8 Å². The Morgan fingerprint density at radius 1 is 1.19 bits per heavy atom. The van der Waals surface area contributed by atoms with Crippen molar-refractivity contribution in [2.24, 2.45) is 0 Å². The minimum absolute atomic E-state index is 0.143. The average Bonchev–Trinajstić information content (AvgIpc) is 3.04. The van der Waals surface area contributed by atoms with Crippen LogP contribution in [0.15, 0.2) is 47.2 Å². The smallest absolute Gasteiger partial charge is 0.257 e. The number of para-hydroxylation sites is 1. The van der Waals surface area contributed by atoms with Crippen molar-refractivity contribution < 1.29 is 4.79 Å². The molecule has 3 rings (SSSR count). The van der Waals surface area contributed by atoms with E-state index in [1.54, 1.807) is 6.20 Å². The number of carbonyl (C=O) groups excluding carboxylic acids is 1. The lowest BCUT2D eigenvalue weighted by atomic mass is 10.2. The van der Waals surface area contributed by atoms with E-state index in [2.05, 4.69) is 31.1 Å². The topological polar surface area (TPSA) is 45.2 Å². The number of aromatic nitrogens is 1. The summed E-state index contributed by atoms with van der Waals surface area (Å²) in [5.74, 6) is -0.143. The second kappa shape index (κ2) is 6.26. The van der Waals surface area contributed by atoms with Gasteiger partial charge in [0.25, 0.3) is 5.91 Å². The summed E-state index contributed by atoms with van der Waals surface area (Å²) in [4.78, 5) is 18.8. The molecule has 1 amide bonds. The van der Waals surface area contributed by atoms with Crippen LogP contribution < -0.4 is 10.2 Å². The molecule has 0 spiro atoms. The summed E-state index contributed by atoms with van der Waals surface area (Å²) in [5.41, 5.74) is 2.36. The van der Waals surface area contributed by atoms with Gasteiger partial charge in [-0.25, -0.2) is 0 Å². The van der Waals surface area contributed by atoms with Crippen LogP contribution in [-0.4, -0.2) is 24.0 Å². The predicted molar refractivity (Wildman–Crippen MR) is 87.8 cm³/mol. The summed E-state index contributed by atoms with van der Waals surface area (Å²) in [6.07, 6.45) is 5.83. The fraction of sp³-hybridized carbons (Fsp3) is 0.250. The van der Waals surface area contributed by atoms with E-state index < -0.39 is 0 Å². The first kappa shape index (κ1) is 14.1. The monoisotopic (exact) mass is 345 g/mol. The van der Waals surface area contributed by atoms with Gasteiger partial charge in [0.05, 0.1) is 23.1 Å². The first-order chi connectivity index (χ1) is 10.2. The maximum atomic E-state index is 12.3. The van der Waals surface area contributed by atoms with E-state index >= 15 is 0 Å². The van der Waals surface area contributed by atoms with Crippen molar-refractivity contribution in [1.29, 1.82) is 0 Å². The lowest BCUT2D eigenvalue weighted by molar-refractivity contribution is 0.102. The quantitative estimate of drug-likeness (QED) is 0.922. The van der Waals surface area contributed by atoms with Gasteiger partial charge in [-0.05, 0) is 47.0 Å². The van der Waals surface area contributed by atoms with Gasteiger partial charge in [0.15, 0.2) is 0 Å². The molecule has 1 aromatic heterocycles. The number of anilines is 2. The van der Waals surface area contributed by atoms with Crippen LogP contribution >= 0.6 is 15.9 Å². The Morgan fingerprint density at radius 2 is 1.95 bits per heavy atom. The second-order valence-corrected chi connectivity index (χ2v) is 5.91. The van der Waals surface area contributed by atoms with Crippen LogP contribution in [0.25, 0.3) is 0 Å². The molecule has 21 heavy (non-hydrogen) atoms. The van der Waals surface area contributed by atoms with Crippen molar-refractivity contribution in [2.75, 3.05) is 23.3 Å². The zero-order valence-electron chi connectivity index (χ0n) is 11.6. The molecule has 1 fully saturated rings. The lowest BCUT2D eigenvalue weighted by Gasteiger charge is -2.17. The normalized spacial score (nSPS) is 14.2. The number of benzene rings is 1. The molecular weight excluding hydrogens is 330 g/mol. The summed E-state index contributed by atoms with van der Waals surface area (Å²) >= 11 is 3.43. The van der Waals surface area contributed by atoms with E-state index in [0.29, 0.717) is 5.56 Å². The Labute approximate surface area is 132 Å². The van der Waals surface area contributed by atoms with Gasteiger partial charge in [0.1, 0.15) is 0 Å². The van der Waals surface area contributed by atoms with Crippen molar-refractivity contribution in [3.8, 4) is 0 Å². The molecule has 1 aromatic carbocycles. The number of hydrogen-bond donors (Lipinski definition) is 1. The summed E-state index contributed by atoms with van der Waals surface area (Å²) in [5, 5.41) is 2.90. The lowest BCUT2D eigenvalue weighted by Crippen LogP contribution is -2.19. The Morgan fingerprint density at radius 3 is 2.71 bits per heavy atom. The second-order valence-electron chi connectivity index (χ2n) is 5.06. The molecule has 1 aliphatic rings. The molecule has 2 aromatic rings. The van der Waals surface area contributed by atoms with Crippen LogP contribution in [0.1, 0.15) is 23.2 Å². The summed E-state index contributed by atoms with van der Waals surface area (Å²) in [6.45, 7) is 2.08. The highest BCUT2D eigenvalue weighted by Crippen LogP contribution is 2.23. The van der Waals surface area contributed by atoms with Gasteiger partial charge in [0.2, 0.25) is 0 Å². The molecule has 0 saturated carbocycles. The van der Waals surface area contributed by atoms with Crippen molar-refractivity contribution in [2.45, 2.75) is 12.8 Å². The van der Waals surface area contributed by atoms with Gasteiger partial charge < -0.3 is 10.2 Å². The van der Waals surface area contributed by atoms with Crippen molar-refractivity contribution in [1.82, 2.24) is 4.98 Å². The molecule has 1 aliphatic heterocycles. The molecule has 108 valence electrons. The Hall–Kier alpha value is -1.88. The number of carbonyl (C=O) groups is 1. The van der Waals surface area contributed by atoms with Gasteiger partial charge in [-0.1, -0.05) is 12.1 Å². The number of nitrogens with one attached hydrogen (secondary N) is 1. The maximum Gasteiger partial charge on any atom is 0.257 e. The summed E-state index contributed by atoms with van der Waals surface area (Å²) in [7, 11) is 0. The third kappa shape index (κ3) is 3.24. The zero-order valence-corrected chi connectivity index (χ0v) is 13.1. The molecule has 0 bridgehead atoms. The largest absolute Gasteiger partial charge is 0.370 e. The van der Waals surface area contributed by atoms with E-state index in [9.17, 15) is 4.79 Å². The van der Waals surface area contributed by atoms with E-state index in [4.69, 9.17) is 0 Å². The highest BCUT2D eigenvalue weighted by atomic mass is 79.9. The first-order valence-corrected chi connectivity index (χ1v) is 7.79. The Balaban J connectivity index is 1.78. The molecule has 5 heteroatoms. The van der Waals surface area contributed by atoms with Crippen LogP contribution in [0.5, 0.6) is 0 Å². The van der Waals surface area contributed by atoms with Gasteiger partial charge in [-0.3, -0.25) is 9.78 Å². The fourth-order valence-corrected chi connectivity index (χ4v) is 2.84.